The summed E-state index contributed by atoms with van der Waals surface area (Å²) in [6, 6.07) is 2.27. The second kappa shape index (κ2) is 8.35. The standard InChI is InChI=1S/C20H29N5O2/c26-17(13-24-8-4-1-5-9-24)12-22-20(27)15-10-18-19(21-11-15)25(14-23-18)16-6-2-3-7-16/h10-11,14,16-17,26H,1-9,12-13H2,(H,22,27). The maximum absolute atomic E-state index is 12.4. The highest BCUT2D eigenvalue weighted by Crippen LogP contribution is 2.31. The zero-order valence-corrected chi connectivity index (χ0v) is 15.8. The number of rotatable bonds is 6. The Morgan fingerprint density at radius 3 is 2.74 bits per heavy atom. The van der Waals surface area contributed by atoms with Gasteiger partial charge in [-0.15, -0.1) is 0 Å². The number of carbonyl (C=O) groups is 1. The smallest absolute Gasteiger partial charge is 0.253 e. The molecule has 1 amide bonds. The van der Waals surface area contributed by atoms with Gasteiger partial charge in [-0.1, -0.05) is 19.3 Å². The van der Waals surface area contributed by atoms with E-state index in [4.69, 9.17) is 0 Å². The van der Waals surface area contributed by atoms with Crippen molar-refractivity contribution in [3.8, 4) is 0 Å². The number of pyridine rings is 1. The Labute approximate surface area is 159 Å². The largest absolute Gasteiger partial charge is 0.390 e. The molecular formula is C20H29N5O2. The van der Waals surface area contributed by atoms with E-state index in [9.17, 15) is 9.90 Å². The van der Waals surface area contributed by atoms with Gasteiger partial charge in [0.05, 0.1) is 18.0 Å². The first-order valence-corrected chi connectivity index (χ1v) is 10.2. The lowest BCUT2D eigenvalue weighted by Gasteiger charge is -2.28. The topological polar surface area (TPSA) is 83.3 Å². The number of nitrogens with zero attached hydrogens (tertiary/aromatic N) is 4. The Hall–Kier alpha value is -1.99. The third kappa shape index (κ3) is 4.30. The fourth-order valence-corrected chi connectivity index (χ4v) is 4.31. The van der Waals surface area contributed by atoms with E-state index >= 15 is 0 Å². The molecule has 27 heavy (non-hydrogen) atoms. The van der Waals surface area contributed by atoms with Gasteiger partial charge in [-0.25, -0.2) is 9.97 Å². The van der Waals surface area contributed by atoms with Crippen LogP contribution in [0.1, 0.15) is 61.3 Å². The highest BCUT2D eigenvalue weighted by molar-refractivity contribution is 5.96. The predicted molar refractivity (Wildman–Crippen MR) is 104 cm³/mol. The molecule has 2 aromatic heterocycles. The van der Waals surface area contributed by atoms with Gasteiger partial charge in [0, 0.05) is 25.3 Å². The van der Waals surface area contributed by atoms with Crippen LogP contribution in [0, 0.1) is 0 Å². The predicted octanol–water partition coefficient (Wildman–Crippen LogP) is 2.12. The molecule has 2 fully saturated rings. The highest BCUT2D eigenvalue weighted by atomic mass is 16.3. The van der Waals surface area contributed by atoms with Crippen molar-refractivity contribution in [3.63, 3.8) is 0 Å². The molecule has 1 aliphatic carbocycles. The van der Waals surface area contributed by atoms with Gasteiger partial charge < -0.3 is 19.9 Å². The number of hydrogen-bond acceptors (Lipinski definition) is 5. The molecule has 3 heterocycles. The van der Waals surface area contributed by atoms with Crippen LogP contribution in [-0.4, -0.2) is 62.7 Å². The van der Waals surface area contributed by atoms with Crippen molar-refractivity contribution in [1.29, 1.82) is 0 Å². The summed E-state index contributed by atoms with van der Waals surface area (Å²) in [7, 11) is 0. The van der Waals surface area contributed by atoms with Crippen LogP contribution >= 0.6 is 0 Å². The third-order valence-electron chi connectivity index (χ3n) is 5.81. The van der Waals surface area contributed by atoms with Gasteiger partial charge in [-0.05, 0) is 44.8 Å². The van der Waals surface area contributed by atoms with E-state index in [0.717, 1.165) is 24.3 Å². The minimum absolute atomic E-state index is 0.211. The first-order valence-electron chi connectivity index (χ1n) is 10.2. The lowest BCUT2D eigenvalue weighted by atomic mass is 10.1. The number of aliphatic hydroxyl groups excluding tert-OH is 1. The van der Waals surface area contributed by atoms with Crippen LogP contribution in [0.25, 0.3) is 11.2 Å². The van der Waals surface area contributed by atoms with E-state index in [-0.39, 0.29) is 12.5 Å². The summed E-state index contributed by atoms with van der Waals surface area (Å²) in [5.74, 6) is -0.211. The fourth-order valence-electron chi connectivity index (χ4n) is 4.31. The van der Waals surface area contributed by atoms with Crippen LogP contribution in [0.5, 0.6) is 0 Å². The molecule has 0 aromatic carbocycles. The quantitative estimate of drug-likeness (QED) is 0.813. The number of fused-ring (bicyclic) bond motifs is 1. The summed E-state index contributed by atoms with van der Waals surface area (Å²) in [6.07, 6.45) is 11.4. The van der Waals surface area contributed by atoms with Crippen molar-refractivity contribution >= 4 is 17.1 Å². The maximum Gasteiger partial charge on any atom is 0.253 e. The first kappa shape index (κ1) is 18.4. The molecule has 2 N–H and O–H groups in total. The Morgan fingerprint density at radius 2 is 1.96 bits per heavy atom. The summed E-state index contributed by atoms with van der Waals surface area (Å²) in [6.45, 7) is 2.94. The number of aromatic nitrogens is 3. The molecule has 2 aliphatic rings. The van der Waals surface area contributed by atoms with Gasteiger partial charge >= 0.3 is 0 Å². The zero-order valence-electron chi connectivity index (χ0n) is 15.8. The van der Waals surface area contributed by atoms with Crippen LogP contribution in [0.15, 0.2) is 18.6 Å². The van der Waals surface area contributed by atoms with Crippen LogP contribution in [0.2, 0.25) is 0 Å². The molecule has 7 heteroatoms. The van der Waals surface area contributed by atoms with E-state index in [1.165, 1.54) is 44.9 Å². The molecule has 1 saturated carbocycles. The molecule has 1 atom stereocenters. The lowest BCUT2D eigenvalue weighted by molar-refractivity contribution is 0.0830. The van der Waals surface area contributed by atoms with E-state index in [1.807, 2.05) is 6.33 Å². The second-order valence-corrected chi connectivity index (χ2v) is 7.88. The van der Waals surface area contributed by atoms with Gasteiger partial charge in [-0.2, -0.15) is 0 Å². The van der Waals surface area contributed by atoms with Gasteiger partial charge in [-0.3, -0.25) is 4.79 Å². The van der Waals surface area contributed by atoms with Crippen molar-refractivity contribution in [2.75, 3.05) is 26.2 Å². The van der Waals surface area contributed by atoms with Crippen molar-refractivity contribution in [2.45, 2.75) is 57.1 Å². The number of aliphatic hydroxyl groups is 1. The van der Waals surface area contributed by atoms with Crippen LogP contribution in [0.3, 0.4) is 0 Å². The van der Waals surface area contributed by atoms with Crippen molar-refractivity contribution < 1.29 is 9.90 Å². The highest BCUT2D eigenvalue weighted by Gasteiger charge is 2.20. The zero-order chi connectivity index (χ0) is 18.6. The molecule has 1 unspecified atom stereocenters. The second-order valence-electron chi connectivity index (χ2n) is 7.88. The SMILES string of the molecule is O=C(NCC(O)CN1CCCCC1)c1cnc2c(c1)ncn2C1CCCC1. The Bertz CT molecular complexity index is 778. The molecule has 7 nitrogen and oxygen atoms in total. The normalized spacial score (nSPS) is 20.2. The number of carbonyl (C=O) groups excluding carboxylic acids is 1. The molecule has 0 bridgehead atoms. The Kier molecular flexibility index (Phi) is 5.69. The van der Waals surface area contributed by atoms with E-state index < -0.39 is 6.10 Å². The van der Waals surface area contributed by atoms with Gasteiger partial charge in [0.1, 0.15) is 5.52 Å². The summed E-state index contributed by atoms with van der Waals surface area (Å²) in [4.78, 5) is 23.6. The molecule has 0 spiro atoms. The monoisotopic (exact) mass is 371 g/mol. The molecule has 0 radical (unpaired) electrons. The van der Waals surface area contributed by atoms with E-state index in [2.05, 4.69) is 24.8 Å². The summed E-state index contributed by atoms with van der Waals surface area (Å²) < 4.78 is 2.15. The Morgan fingerprint density at radius 1 is 1.19 bits per heavy atom. The van der Waals surface area contributed by atoms with Crippen molar-refractivity contribution in [3.05, 3.63) is 24.2 Å². The summed E-state index contributed by atoms with van der Waals surface area (Å²) in [5.41, 5.74) is 2.09. The fraction of sp³-hybridized carbons (Fsp3) is 0.650. The third-order valence-corrected chi connectivity index (χ3v) is 5.81. The molecular weight excluding hydrogens is 342 g/mol. The minimum atomic E-state index is -0.551. The van der Waals surface area contributed by atoms with Crippen molar-refractivity contribution in [2.24, 2.45) is 0 Å². The summed E-state index contributed by atoms with van der Waals surface area (Å²) in [5, 5.41) is 13.0. The number of amides is 1. The lowest BCUT2D eigenvalue weighted by Crippen LogP contribution is -2.42. The molecule has 1 saturated heterocycles. The number of nitrogens with one attached hydrogen (secondary N) is 1. The van der Waals surface area contributed by atoms with Crippen LogP contribution < -0.4 is 5.32 Å². The minimum Gasteiger partial charge on any atom is -0.390 e. The molecule has 2 aromatic rings. The average molecular weight is 371 g/mol. The van der Waals surface area contributed by atoms with Gasteiger partial charge in [0.25, 0.3) is 5.91 Å². The maximum atomic E-state index is 12.4. The van der Waals surface area contributed by atoms with Crippen molar-refractivity contribution in [1.82, 2.24) is 24.8 Å². The first-order chi connectivity index (χ1) is 13.2. The van der Waals surface area contributed by atoms with Gasteiger partial charge in [0.15, 0.2) is 5.65 Å². The average Bonchev–Trinajstić information content (AvgIpc) is 3.35. The van der Waals surface area contributed by atoms with Crippen LogP contribution in [-0.2, 0) is 0 Å². The molecule has 4 rings (SSSR count). The number of likely N-dealkylation sites (tertiary alicyclic amines) is 1. The number of imidazole rings is 1. The number of hydrogen-bond donors (Lipinski definition) is 2. The molecule has 146 valence electrons. The number of piperidine rings is 1. The van der Waals surface area contributed by atoms with E-state index in [0.29, 0.717) is 18.2 Å². The van der Waals surface area contributed by atoms with Crippen LogP contribution in [0.4, 0.5) is 0 Å². The molecule has 1 aliphatic heterocycles. The van der Waals surface area contributed by atoms with E-state index in [1.54, 1.807) is 12.3 Å². The number of β-amino-alcohol motifs (C(OH)–C–C–N with tert-alkyl or cyclic N) is 1. The van der Waals surface area contributed by atoms with Gasteiger partial charge in [0.2, 0.25) is 0 Å². The summed E-state index contributed by atoms with van der Waals surface area (Å²) >= 11 is 0. The Balaban J connectivity index is 1.34.